The van der Waals surface area contributed by atoms with Crippen molar-refractivity contribution < 1.29 is 14.6 Å². The monoisotopic (exact) mass is 241 g/mol. The predicted octanol–water partition coefficient (Wildman–Crippen LogP) is 1.17. The molecule has 2 unspecified atom stereocenters. The van der Waals surface area contributed by atoms with Gasteiger partial charge in [0.25, 0.3) is 0 Å². The van der Waals surface area contributed by atoms with Crippen LogP contribution in [0.25, 0.3) is 0 Å². The molecular formula is C13H23NO3. The zero-order valence-electron chi connectivity index (χ0n) is 10.8. The Bertz CT molecular complexity index is 290. The second-order valence-electron chi connectivity index (χ2n) is 5.27. The average Bonchev–Trinajstić information content (AvgIpc) is 3.05. The van der Waals surface area contributed by atoms with Gasteiger partial charge in [-0.1, -0.05) is 6.92 Å². The fourth-order valence-corrected chi connectivity index (χ4v) is 2.89. The van der Waals surface area contributed by atoms with Gasteiger partial charge in [-0.15, -0.1) is 0 Å². The molecule has 1 aliphatic heterocycles. The number of likely N-dealkylation sites (tertiary alicyclic amines) is 1. The van der Waals surface area contributed by atoms with Crippen LogP contribution in [0.15, 0.2) is 0 Å². The molecular weight excluding hydrogens is 218 g/mol. The minimum Gasteiger partial charge on any atom is -0.466 e. The molecule has 0 radical (unpaired) electrons. The number of aliphatic hydroxyl groups is 1. The molecule has 0 aromatic rings. The molecule has 0 bridgehead atoms. The van der Waals surface area contributed by atoms with Crippen molar-refractivity contribution in [3.63, 3.8) is 0 Å². The molecule has 4 heteroatoms. The van der Waals surface area contributed by atoms with Crippen LogP contribution < -0.4 is 0 Å². The van der Waals surface area contributed by atoms with Gasteiger partial charge in [0.1, 0.15) is 0 Å². The summed E-state index contributed by atoms with van der Waals surface area (Å²) in [6, 6.07) is 0.656. The van der Waals surface area contributed by atoms with Gasteiger partial charge in [-0.05, 0) is 32.6 Å². The van der Waals surface area contributed by atoms with Crippen molar-refractivity contribution >= 4 is 5.97 Å². The maximum atomic E-state index is 11.9. The fourth-order valence-electron chi connectivity index (χ4n) is 2.89. The number of hydrogen-bond donors (Lipinski definition) is 1. The van der Waals surface area contributed by atoms with E-state index in [9.17, 15) is 9.90 Å². The third kappa shape index (κ3) is 2.63. The van der Waals surface area contributed by atoms with Crippen LogP contribution in [0.3, 0.4) is 0 Å². The number of hydrogen-bond acceptors (Lipinski definition) is 4. The average molecular weight is 241 g/mol. The standard InChI is InChI=1S/C13H23NO3/c1-3-11(12(15)17-4-2)13(16)7-8-14(9-13)10-5-6-10/h10-11,16H,3-9H2,1-2H3. The molecule has 17 heavy (non-hydrogen) atoms. The van der Waals surface area contributed by atoms with Gasteiger partial charge >= 0.3 is 5.97 Å². The third-order valence-electron chi connectivity index (χ3n) is 4.00. The Hall–Kier alpha value is -0.610. The molecule has 98 valence electrons. The zero-order chi connectivity index (χ0) is 12.5. The van der Waals surface area contributed by atoms with Crippen molar-refractivity contribution in [1.82, 2.24) is 4.90 Å². The minimum absolute atomic E-state index is 0.241. The lowest BCUT2D eigenvalue weighted by Gasteiger charge is -2.30. The molecule has 2 fully saturated rings. The number of β-amino-alcohol motifs (C(OH)–C–C–N with tert-alkyl or cyclic N) is 1. The third-order valence-corrected chi connectivity index (χ3v) is 4.00. The summed E-state index contributed by atoms with van der Waals surface area (Å²) in [5.41, 5.74) is -0.871. The molecule has 0 aromatic carbocycles. The summed E-state index contributed by atoms with van der Waals surface area (Å²) in [6.07, 6.45) is 3.83. The van der Waals surface area contributed by atoms with Crippen LogP contribution in [0, 0.1) is 5.92 Å². The van der Waals surface area contributed by atoms with E-state index in [0.29, 0.717) is 32.0 Å². The molecule has 1 N–H and O–H groups in total. The lowest BCUT2D eigenvalue weighted by Crippen LogP contribution is -2.45. The van der Waals surface area contributed by atoms with Crippen molar-refractivity contribution in [3.8, 4) is 0 Å². The normalized spacial score (nSPS) is 31.5. The van der Waals surface area contributed by atoms with E-state index in [-0.39, 0.29) is 11.9 Å². The Kier molecular flexibility index (Phi) is 3.73. The first kappa shape index (κ1) is 12.8. The second kappa shape index (κ2) is 4.94. The number of esters is 1. The Morgan fingerprint density at radius 2 is 2.24 bits per heavy atom. The van der Waals surface area contributed by atoms with Gasteiger partial charge in [0.05, 0.1) is 18.1 Å². The minimum atomic E-state index is -0.871. The van der Waals surface area contributed by atoms with Crippen LogP contribution in [0.2, 0.25) is 0 Å². The highest BCUT2D eigenvalue weighted by Crippen LogP contribution is 2.38. The Morgan fingerprint density at radius 1 is 1.53 bits per heavy atom. The van der Waals surface area contributed by atoms with Gasteiger partial charge in [0.15, 0.2) is 0 Å². The zero-order valence-corrected chi connectivity index (χ0v) is 10.8. The van der Waals surface area contributed by atoms with Gasteiger partial charge < -0.3 is 9.84 Å². The van der Waals surface area contributed by atoms with Gasteiger partial charge in [-0.25, -0.2) is 0 Å². The van der Waals surface area contributed by atoms with Crippen LogP contribution in [0.1, 0.15) is 39.5 Å². The maximum absolute atomic E-state index is 11.9. The summed E-state index contributed by atoms with van der Waals surface area (Å²) in [6.45, 7) is 5.68. The highest BCUT2D eigenvalue weighted by Gasteiger charge is 2.48. The Labute approximate surface area is 103 Å². The molecule has 2 rings (SSSR count). The largest absolute Gasteiger partial charge is 0.466 e. The number of carbonyl (C=O) groups is 1. The first-order chi connectivity index (χ1) is 8.10. The molecule has 0 amide bonds. The van der Waals surface area contributed by atoms with Crippen molar-refractivity contribution in [2.24, 2.45) is 5.92 Å². The molecule has 1 aliphatic carbocycles. The Morgan fingerprint density at radius 3 is 2.76 bits per heavy atom. The smallest absolute Gasteiger partial charge is 0.311 e. The number of nitrogens with zero attached hydrogens (tertiary/aromatic N) is 1. The topological polar surface area (TPSA) is 49.8 Å². The first-order valence-electron chi connectivity index (χ1n) is 6.73. The van der Waals surface area contributed by atoms with Gasteiger partial charge in [-0.3, -0.25) is 9.69 Å². The van der Waals surface area contributed by atoms with E-state index in [1.165, 1.54) is 12.8 Å². The van der Waals surface area contributed by atoms with Gasteiger partial charge in [-0.2, -0.15) is 0 Å². The SMILES string of the molecule is CCOC(=O)C(CC)C1(O)CCN(C2CC2)C1. The summed E-state index contributed by atoms with van der Waals surface area (Å²) < 4.78 is 5.07. The maximum Gasteiger partial charge on any atom is 0.311 e. The van der Waals surface area contributed by atoms with E-state index in [2.05, 4.69) is 4.90 Å². The summed E-state index contributed by atoms with van der Waals surface area (Å²) in [4.78, 5) is 14.2. The van der Waals surface area contributed by atoms with Gasteiger partial charge in [0, 0.05) is 19.1 Å². The lowest BCUT2D eigenvalue weighted by molar-refractivity contribution is -0.158. The van der Waals surface area contributed by atoms with Crippen molar-refractivity contribution in [3.05, 3.63) is 0 Å². The summed E-state index contributed by atoms with van der Waals surface area (Å²) >= 11 is 0. The van der Waals surface area contributed by atoms with E-state index >= 15 is 0 Å². The van der Waals surface area contributed by atoms with Crippen LogP contribution in [0.5, 0.6) is 0 Å². The Balaban J connectivity index is 2.00. The second-order valence-corrected chi connectivity index (χ2v) is 5.27. The van der Waals surface area contributed by atoms with Crippen molar-refractivity contribution in [2.75, 3.05) is 19.7 Å². The van der Waals surface area contributed by atoms with Crippen LogP contribution in [-0.4, -0.2) is 47.3 Å². The van der Waals surface area contributed by atoms with E-state index in [4.69, 9.17) is 4.74 Å². The molecule has 2 aliphatic rings. The quantitative estimate of drug-likeness (QED) is 0.734. The lowest BCUT2D eigenvalue weighted by atomic mass is 9.84. The molecule has 0 spiro atoms. The molecule has 1 saturated heterocycles. The number of ether oxygens (including phenoxy) is 1. The van der Waals surface area contributed by atoms with E-state index in [1.54, 1.807) is 6.92 Å². The van der Waals surface area contributed by atoms with E-state index < -0.39 is 5.60 Å². The van der Waals surface area contributed by atoms with Crippen molar-refractivity contribution in [2.45, 2.75) is 51.2 Å². The predicted molar refractivity (Wildman–Crippen MR) is 64.6 cm³/mol. The van der Waals surface area contributed by atoms with Crippen molar-refractivity contribution in [1.29, 1.82) is 0 Å². The molecule has 4 nitrogen and oxygen atoms in total. The molecule has 0 aromatic heterocycles. The fraction of sp³-hybridized carbons (Fsp3) is 0.923. The first-order valence-corrected chi connectivity index (χ1v) is 6.73. The highest BCUT2D eigenvalue weighted by molar-refractivity contribution is 5.74. The van der Waals surface area contributed by atoms with E-state index in [0.717, 1.165) is 6.54 Å². The van der Waals surface area contributed by atoms with Gasteiger partial charge in [0.2, 0.25) is 0 Å². The summed E-state index contributed by atoms with van der Waals surface area (Å²) in [5.74, 6) is -0.610. The molecule has 1 saturated carbocycles. The summed E-state index contributed by atoms with van der Waals surface area (Å²) in [7, 11) is 0. The number of carbonyl (C=O) groups excluding carboxylic acids is 1. The number of rotatable bonds is 5. The van der Waals surface area contributed by atoms with Crippen LogP contribution >= 0.6 is 0 Å². The van der Waals surface area contributed by atoms with Crippen LogP contribution in [-0.2, 0) is 9.53 Å². The van der Waals surface area contributed by atoms with E-state index in [1.807, 2.05) is 6.92 Å². The highest BCUT2D eigenvalue weighted by atomic mass is 16.5. The summed E-state index contributed by atoms with van der Waals surface area (Å²) in [5, 5.41) is 10.7. The molecule has 2 atom stereocenters. The van der Waals surface area contributed by atoms with Crippen LogP contribution in [0.4, 0.5) is 0 Å². The molecule has 1 heterocycles.